The number of rotatable bonds is 2. The van der Waals surface area contributed by atoms with Crippen LogP contribution >= 0.6 is 0 Å². The van der Waals surface area contributed by atoms with Crippen molar-refractivity contribution in [3.63, 3.8) is 0 Å². The molecule has 0 aromatic carbocycles. The van der Waals surface area contributed by atoms with Crippen molar-refractivity contribution in [3.05, 3.63) is 0 Å². The summed E-state index contributed by atoms with van der Waals surface area (Å²) in [5.41, 5.74) is 5.12. The highest BCUT2D eigenvalue weighted by Gasteiger charge is 2.49. The molecule has 0 aliphatic heterocycles. The zero-order valence-corrected chi connectivity index (χ0v) is 8.54. The molecule has 2 fully saturated rings. The number of hydrogen-bond donors (Lipinski definition) is 2. The highest BCUT2D eigenvalue weighted by molar-refractivity contribution is 5.79. The first-order chi connectivity index (χ1) is 6.64. The molecule has 0 heterocycles. The van der Waals surface area contributed by atoms with Crippen molar-refractivity contribution < 1.29 is 9.90 Å². The Balaban J connectivity index is 2.13. The van der Waals surface area contributed by atoms with Crippen LogP contribution in [0.4, 0.5) is 0 Å². The lowest BCUT2D eigenvalue weighted by atomic mass is 9.78. The van der Waals surface area contributed by atoms with Crippen LogP contribution < -0.4 is 5.73 Å². The van der Waals surface area contributed by atoms with Crippen molar-refractivity contribution in [1.82, 2.24) is 0 Å². The van der Waals surface area contributed by atoms with Gasteiger partial charge in [-0.1, -0.05) is 32.1 Å². The summed E-state index contributed by atoms with van der Waals surface area (Å²) in [5.74, 6) is 0.0352. The molecule has 0 saturated heterocycles. The van der Waals surface area contributed by atoms with Crippen LogP contribution in [0.5, 0.6) is 0 Å². The summed E-state index contributed by atoms with van der Waals surface area (Å²) in [6.45, 7) is 0. The highest BCUT2D eigenvalue weighted by atomic mass is 16.4. The van der Waals surface area contributed by atoms with Crippen LogP contribution in [0.3, 0.4) is 0 Å². The molecule has 3 heteroatoms. The Kier molecular flexibility index (Phi) is 2.52. The van der Waals surface area contributed by atoms with E-state index in [0.29, 0.717) is 12.3 Å². The standard InChI is InChI=1S/C11H19NO2/c12-11(10(13)14)7-3-6-9(11)8-4-1-2-5-8/h8-9H,1-7,12H2,(H,13,14). The second kappa shape index (κ2) is 3.54. The number of carboxylic acids is 1. The third-order valence-corrected chi connectivity index (χ3v) is 4.13. The van der Waals surface area contributed by atoms with Crippen LogP contribution in [0.15, 0.2) is 0 Å². The monoisotopic (exact) mass is 197 g/mol. The fraction of sp³-hybridized carbons (Fsp3) is 0.909. The van der Waals surface area contributed by atoms with Gasteiger partial charge in [-0.3, -0.25) is 4.79 Å². The zero-order valence-electron chi connectivity index (χ0n) is 8.54. The molecule has 2 aliphatic carbocycles. The third kappa shape index (κ3) is 1.44. The summed E-state index contributed by atoms with van der Waals surface area (Å²) < 4.78 is 0. The van der Waals surface area contributed by atoms with E-state index in [9.17, 15) is 9.90 Å². The second-order valence-electron chi connectivity index (χ2n) is 4.89. The van der Waals surface area contributed by atoms with Crippen molar-refractivity contribution in [1.29, 1.82) is 0 Å². The van der Waals surface area contributed by atoms with Gasteiger partial charge in [-0.15, -0.1) is 0 Å². The van der Waals surface area contributed by atoms with Crippen molar-refractivity contribution in [2.24, 2.45) is 17.6 Å². The molecule has 3 N–H and O–H groups in total. The zero-order chi connectivity index (χ0) is 10.2. The summed E-state index contributed by atoms with van der Waals surface area (Å²) >= 11 is 0. The van der Waals surface area contributed by atoms with Crippen LogP contribution in [0.2, 0.25) is 0 Å². The van der Waals surface area contributed by atoms with Gasteiger partial charge in [0.15, 0.2) is 0 Å². The van der Waals surface area contributed by atoms with Crippen molar-refractivity contribution in [2.45, 2.75) is 50.5 Å². The minimum absolute atomic E-state index is 0.238. The van der Waals surface area contributed by atoms with Gasteiger partial charge in [0.2, 0.25) is 0 Å². The maximum Gasteiger partial charge on any atom is 0.323 e. The average Bonchev–Trinajstić information content (AvgIpc) is 2.72. The minimum Gasteiger partial charge on any atom is -0.480 e. The van der Waals surface area contributed by atoms with Crippen molar-refractivity contribution in [2.75, 3.05) is 0 Å². The molecule has 0 aromatic heterocycles. The maximum atomic E-state index is 11.2. The SMILES string of the molecule is NC1(C(=O)O)CCCC1C1CCCC1. The molecule has 2 atom stereocenters. The number of aliphatic carboxylic acids is 1. The van der Waals surface area contributed by atoms with Crippen LogP contribution in [-0.2, 0) is 4.79 Å². The van der Waals surface area contributed by atoms with E-state index < -0.39 is 11.5 Å². The van der Waals surface area contributed by atoms with Crippen molar-refractivity contribution >= 4 is 5.97 Å². The molecule has 3 nitrogen and oxygen atoms in total. The van der Waals surface area contributed by atoms with Crippen LogP contribution in [0.25, 0.3) is 0 Å². The summed E-state index contributed by atoms with van der Waals surface area (Å²) in [6.07, 6.45) is 7.59. The molecule has 0 radical (unpaired) electrons. The third-order valence-electron chi connectivity index (χ3n) is 4.13. The molecule has 0 spiro atoms. The van der Waals surface area contributed by atoms with Gasteiger partial charge in [-0.05, 0) is 24.7 Å². The molecular formula is C11H19NO2. The van der Waals surface area contributed by atoms with Gasteiger partial charge in [0, 0.05) is 0 Å². The molecule has 0 aromatic rings. The number of nitrogens with two attached hydrogens (primary N) is 1. The predicted octanol–water partition coefficient (Wildman–Crippen LogP) is 1.76. The molecule has 80 valence electrons. The number of carbonyl (C=O) groups is 1. The summed E-state index contributed by atoms with van der Waals surface area (Å²) in [7, 11) is 0. The molecule has 14 heavy (non-hydrogen) atoms. The Morgan fingerprint density at radius 3 is 2.43 bits per heavy atom. The average molecular weight is 197 g/mol. The van der Waals surface area contributed by atoms with E-state index in [1.165, 1.54) is 25.7 Å². The van der Waals surface area contributed by atoms with Crippen LogP contribution in [0, 0.1) is 11.8 Å². The number of hydrogen-bond acceptors (Lipinski definition) is 2. The minimum atomic E-state index is -0.908. The van der Waals surface area contributed by atoms with Gasteiger partial charge in [0.25, 0.3) is 0 Å². The summed E-state index contributed by atoms with van der Waals surface area (Å²) in [4.78, 5) is 11.2. The van der Waals surface area contributed by atoms with E-state index in [1.807, 2.05) is 0 Å². The van der Waals surface area contributed by atoms with Crippen LogP contribution in [0.1, 0.15) is 44.9 Å². The van der Waals surface area contributed by atoms with Gasteiger partial charge in [0.1, 0.15) is 5.54 Å². The fourth-order valence-electron chi connectivity index (χ4n) is 3.34. The van der Waals surface area contributed by atoms with Gasteiger partial charge in [-0.25, -0.2) is 0 Å². The van der Waals surface area contributed by atoms with Gasteiger partial charge in [0.05, 0.1) is 0 Å². The maximum absolute atomic E-state index is 11.2. The Hall–Kier alpha value is -0.570. The van der Waals surface area contributed by atoms with E-state index in [1.54, 1.807) is 0 Å². The first-order valence-electron chi connectivity index (χ1n) is 5.67. The molecule has 2 aliphatic rings. The van der Waals surface area contributed by atoms with Gasteiger partial charge in [-0.2, -0.15) is 0 Å². The summed E-state index contributed by atoms with van der Waals surface area (Å²) in [5, 5.41) is 9.18. The van der Waals surface area contributed by atoms with E-state index >= 15 is 0 Å². The second-order valence-corrected chi connectivity index (χ2v) is 4.89. The Labute approximate surface area is 84.7 Å². The molecule has 2 unspecified atom stereocenters. The quantitative estimate of drug-likeness (QED) is 0.709. The Morgan fingerprint density at radius 1 is 1.21 bits per heavy atom. The smallest absolute Gasteiger partial charge is 0.323 e. The first kappa shape index (κ1) is 9.97. The van der Waals surface area contributed by atoms with Crippen molar-refractivity contribution in [3.8, 4) is 0 Å². The van der Waals surface area contributed by atoms with E-state index in [-0.39, 0.29) is 5.92 Å². The van der Waals surface area contributed by atoms with E-state index in [4.69, 9.17) is 5.73 Å². The highest BCUT2D eigenvalue weighted by Crippen LogP contribution is 2.45. The lowest BCUT2D eigenvalue weighted by Gasteiger charge is -2.31. The number of carboxylic acid groups (broad SMARTS) is 1. The van der Waals surface area contributed by atoms with Crippen LogP contribution in [-0.4, -0.2) is 16.6 Å². The topological polar surface area (TPSA) is 63.3 Å². The molecule has 2 rings (SSSR count). The summed E-state index contributed by atoms with van der Waals surface area (Å²) in [6, 6.07) is 0. The molecule has 0 amide bonds. The normalized spacial score (nSPS) is 39.1. The Morgan fingerprint density at radius 2 is 1.86 bits per heavy atom. The first-order valence-corrected chi connectivity index (χ1v) is 5.67. The van der Waals surface area contributed by atoms with Gasteiger partial charge >= 0.3 is 5.97 Å². The molecule has 2 saturated carbocycles. The lowest BCUT2D eigenvalue weighted by Crippen LogP contribution is -2.52. The molecule has 0 bridgehead atoms. The Bertz CT molecular complexity index is 235. The van der Waals surface area contributed by atoms with E-state index in [0.717, 1.165) is 12.8 Å². The molecular weight excluding hydrogens is 178 g/mol. The lowest BCUT2D eigenvalue weighted by molar-refractivity contribution is -0.145. The largest absolute Gasteiger partial charge is 0.480 e. The fourth-order valence-corrected chi connectivity index (χ4v) is 3.34. The predicted molar refractivity (Wildman–Crippen MR) is 53.9 cm³/mol. The van der Waals surface area contributed by atoms with Gasteiger partial charge < -0.3 is 10.8 Å². The van der Waals surface area contributed by atoms with E-state index in [2.05, 4.69) is 0 Å².